The van der Waals surface area contributed by atoms with E-state index in [9.17, 15) is 17.2 Å². The summed E-state index contributed by atoms with van der Waals surface area (Å²) in [6.45, 7) is 0.622. The maximum Gasteiger partial charge on any atom is 0.283 e. The van der Waals surface area contributed by atoms with E-state index in [1.165, 1.54) is 6.07 Å². The molecule has 0 saturated heterocycles. The predicted octanol–water partition coefficient (Wildman–Crippen LogP) is 0.792. The molecule has 0 amide bonds. The van der Waals surface area contributed by atoms with E-state index in [4.69, 9.17) is 10.8 Å². The first-order valence-electron chi connectivity index (χ1n) is 5.45. The van der Waals surface area contributed by atoms with Crippen LogP contribution in [-0.4, -0.2) is 32.6 Å². The molecule has 108 valence electrons. The smallest absolute Gasteiger partial charge is 0.283 e. The first-order valence-corrected chi connectivity index (χ1v) is 6.93. The van der Waals surface area contributed by atoms with Crippen molar-refractivity contribution in [1.82, 2.24) is 4.72 Å². The van der Waals surface area contributed by atoms with Crippen LogP contribution in [0.25, 0.3) is 0 Å². The average molecular weight is 294 g/mol. The molecule has 5 nitrogen and oxygen atoms in total. The molecule has 8 heteroatoms. The molecule has 0 radical (unpaired) electrons. The van der Waals surface area contributed by atoms with Gasteiger partial charge in [0.1, 0.15) is 11.5 Å². The molecule has 19 heavy (non-hydrogen) atoms. The third-order valence-corrected chi connectivity index (χ3v) is 4.33. The summed E-state index contributed by atoms with van der Waals surface area (Å²) in [6.07, 6.45) is 0. The van der Waals surface area contributed by atoms with Crippen LogP contribution in [0.3, 0.4) is 0 Å². The van der Waals surface area contributed by atoms with Gasteiger partial charge in [0.05, 0.1) is 12.2 Å². The molecular formula is C11H16F2N2O3S. The zero-order valence-electron chi connectivity index (χ0n) is 10.6. The summed E-state index contributed by atoms with van der Waals surface area (Å²) in [5.74, 6) is -3.51. The van der Waals surface area contributed by atoms with Crippen molar-refractivity contribution in [2.24, 2.45) is 0 Å². The lowest BCUT2D eigenvalue weighted by molar-refractivity contribution is -0.0437. The van der Waals surface area contributed by atoms with Crippen molar-refractivity contribution < 1.29 is 22.3 Å². The number of hydrogen-bond acceptors (Lipinski definition) is 4. The van der Waals surface area contributed by atoms with E-state index in [-0.39, 0.29) is 10.6 Å². The van der Waals surface area contributed by atoms with Crippen LogP contribution in [0.5, 0.6) is 0 Å². The number of benzene rings is 1. The Morgan fingerprint density at radius 1 is 1.37 bits per heavy atom. The standard InChI is InChI=1S/C11H16F2N2O3S/c1-7-3-4-9(14)10(8(7)2)19(17,18)15-5-11(12,13)6-16/h3-4,15-16H,5-6,14H2,1-2H3. The quantitative estimate of drug-likeness (QED) is 0.700. The molecule has 0 unspecified atom stereocenters. The number of anilines is 1. The number of aliphatic hydroxyl groups excluding tert-OH is 1. The van der Waals surface area contributed by atoms with Crippen molar-refractivity contribution in [1.29, 1.82) is 0 Å². The van der Waals surface area contributed by atoms with Gasteiger partial charge in [-0.25, -0.2) is 21.9 Å². The normalized spacial score (nSPS) is 12.7. The second-order valence-electron chi connectivity index (χ2n) is 4.26. The third kappa shape index (κ3) is 3.62. The monoisotopic (exact) mass is 294 g/mol. The van der Waals surface area contributed by atoms with Crippen molar-refractivity contribution in [2.75, 3.05) is 18.9 Å². The summed E-state index contributed by atoms with van der Waals surface area (Å²) < 4.78 is 51.5. The second-order valence-corrected chi connectivity index (χ2v) is 5.97. The van der Waals surface area contributed by atoms with Crippen LogP contribution in [0.15, 0.2) is 17.0 Å². The van der Waals surface area contributed by atoms with Gasteiger partial charge < -0.3 is 10.8 Å². The molecule has 0 bridgehead atoms. The summed E-state index contributed by atoms with van der Waals surface area (Å²) in [5.41, 5.74) is 6.67. The minimum atomic E-state index is -4.15. The fraction of sp³-hybridized carbons (Fsp3) is 0.455. The number of nitrogens with two attached hydrogens (primary N) is 1. The van der Waals surface area contributed by atoms with Gasteiger partial charge in [0.2, 0.25) is 10.0 Å². The molecule has 4 N–H and O–H groups in total. The number of nitrogen functional groups attached to an aromatic ring is 1. The highest BCUT2D eigenvalue weighted by Gasteiger charge is 2.31. The number of halogens is 2. The van der Waals surface area contributed by atoms with Crippen molar-refractivity contribution in [3.63, 3.8) is 0 Å². The Balaban J connectivity index is 3.12. The molecule has 0 aromatic heterocycles. The summed E-state index contributed by atoms with van der Waals surface area (Å²) in [5, 5.41) is 8.41. The number of nitrogens with one attached hydrogen (secondary N) is 1. The number of hydrogen-bond donors (Lipinski definition) is 3. The van der Waals surface area contributed by atoms with Crippen molar-refractivity contribution >= 4 is 15.7 Å². The lowest BCUT2D eigenvalue weighted by Gasteiger charge is -2.17. The summed E-state index contributed by atoms with van der Waals surface area (Å²) >= 11 is 0. The molecular weight excluding hydrogens is 278 g/mol. The van der Waals surface area contributed by atoms with E-state index in [0.29, 0.717) is 11.1 Å². The average Bonchev–Trinajstić information content (AvgIpc) is 2.32. The maximum absolute atomic E-state index is 12.9. The number of alkyl halides is 2. The molecule has 0 saturated carbocycles. The van der Waals surface area contributed by atoms with Gasteiger partial charge >= 0.3 is 0 Å². The van der Waals surface area contributed by atoms with Crippen LogP contribution in [-0.2, 0) is 10.0 Å². The highest BCUT2D eigenvalue weighted by atomic mass is 32.2. The largest absolute Gasteiger partial charge is 0.398 e. The maximum atomic E-state index is 12.9. The Bertz CT molecular complexity index is 574. The minimum Gasteiger partial charge on any atom is -0.398 e. The topological polar surface area (TPSA) is 92.4 Å². The zero-order chi connectivity index (χ0) is 14.8. The van der Waals surface area contributed by atoms with E-state index in [1.54, 1.807) is 24.6 Å². The van der Waals surface area contributed by atoms with Gasteiger partial charge in [0.15, 0.2) is 0 Å². The predicted molar refractivity (Wildman–Crippen MR) is 67.5 cm³/mol. The van der Waals surface area contributed by atoms with Crippen LogP contribution in [0, 0.1) is 13.8 Å². The Kier molecular flexibility index (Phi) is 4.49. The molecule has 0 heterocycles. The van der Waals surface area contributed by atoms with E-state index in [1.807, 2.05) is 0 Å². The lowest BCUT2D eigenvalue weighted by atomic mass is 10.1. The second kappa shape index (κ2) is 5.40. The minimum absolute atomic E-state index is 0.0112. The van der Waals surface area contributed by atoms with Crippen molar-refractivity contribution in [3.8, 4) is 0 Å². The Morgan fingerprint density at radius 3 is 2.47 bits per heavy atom. The highest BCUT2D eigenvalue weighted by Crippen LogP contribution is 2.25. The van der Waals surface area contributed by atoms with Crippen molar-refractivity contribution in [2.45, 2.75) is 24.7 Å². The first kappa shape index (κ1) is 15.8. The molecule has 0 aliphatic carbocycles. The Hall–Kier alpha value is -1.25. The Labute approximate surface area is 110 Å². The van der Waals surface area contributed by atoms with Gasteiger partial charge in [-0.3, -0.25) is 0 Å². The van der Waals surface area contributed by atoms with Crippen molar-refractivity contribution in [3.05, 3.63) is 23.3 Å². The molecule has 1 aromatic rings. The fourth-order valence-corrected chi connectivity index (χ4v) is 2.98. The third-order valence-electron chi connectivity index (χ3n) is 2.73. The zero-order valence-corrected chi connectivity index (χ0v) is 11.4. The van der Waals surface area contributed by atoms with Gasteiger partial charge in [-0.2, -0.15) is 0 Å². The number of sulfonamides is 1. The van der Waals surface area contributed by atoms with Gasteiger partial charge in [-0.15, -0.1) is 0 Å². The van der Waals surface area contributed by atoms with Gasteiger partial charge in [-0.1, -0.05) is 6.07 Å². The summed E-state index contributed by atoms with van der Waals surface area (Å²) in [6, 6.07) is 3.05. The Morgan fingerprint density at radius 2 is 1.95 bits per heavy atom. The molecule has 0 atom stereocenters. The first-order chi connectivity index (χ1) is 8.60. The molecule has 0 aliphatic rings. The number of rotatable bonds is 5. The molecule has 0 fully saturated rings. The molecule has 1 rings (SSSR count). The van der Waals surface area contributed by atoms with Crippen LogP contribution in [0.4, 0.5) is 14.5 Å². The molecule has 0 aliphatic heterocycles. The van der Waals surface area contributed by atoms with Gasteiger partial charge in [-0.05, 0) is 31.0 Å². The SMILES string of the molecule is Cc1ccc(N)c(S(=O)(=O)NCC(F)(F)CO)c1C. The van der Waals surface area contributed by atoms with Crippen LogP contribution in [0.1, 0.15) is 11.1 Å². The highest BCUT2D eigenvalue weighted by molar-refractivity contribution is 7.89. The lowest BCUT2D eigenvalue weighted by Crippen LogP contribution is -2.39. The van der Waals surface area contributed by atoms with Gasteiger partial charge in [0.25, 0.3) is 5.92 Å². The summed E-state index contributed by atoms with van der Waals surface area (Å²) in [4.78, 5) is -0.207. The van der Waals surface area contributed by atoms with E-state index in [2.05, 4.69) is 0 Å². The van der Waals surface area contributed by atoms with Crippen LogP contribution < -0.4 is 10.5 Å². The number of aryl methyl sites for hydroxylation is 1. The molecule has 1 aromatic carbocycles. The van der Waals surface area contributed by atoms with E-state index >= 15 is 0 Å². The fourth-order valence-electron chi connectivity index (χ4n) is 1.50. The molecule has 0 spiro atoms. The van der Waals surface area contributed by atoms with Gasteiger partial charge in [0, 0.05) is 0 Å². The van der Waals surface area contributed by atoms with E-state index < -0.39 is 29.1 Å². The summed E-state index contributed by atoms with van der Waals surface area (Å²) in [7, 11) is -4.15. The van der Waals surface area contributed by atoms with Crippen LogP contribution in [0.2, 0.25) is 0 Å². The van der Waals surface area contributed by atoms with E-state index in [0.717, 1.165) is 0 Å². The number of aliphatic hydroxyl groups is 1. The van der Waals surface area contributed by atoms with Crippen LogP contribution >= 0.6 is 0 Å².